The Morgan fingerprint density at radius 1 is 1.46 bits per heavy atom. The van der Waals surface area contributed by atoms with Crippen LogP contribution in [0.3, 0.4) is 0 Å². The Balaban J connectivity index is 3.71. The highest BCUT2D eigenvalue weighted by Gasteiger charge is 2.11. The van der Waals surface area contributed by atoms with Crippen molar-refractivity contribution in [1.82, 2.24) is 10.2 Å². The fourth-order valence-corrected chi connectivity index (χ4v) is 0.889. The van der Waals surface area contributed by atoms with Crippen molar-refractivity contribution in [2.45, 2.75) is 6.29 Å². The topological polar surface area (TPSA) is 50.8 Å². The van der Waals surface area contributed by atoms with Crippen LogP contribution in [0.15, 0.2) is 0 Å². The SMILES string of the molecule is CNC(=O)CN(C)CC(OC)OC. The molecule has 0 heterocycles. The number of nitrogens with zero attached hydrogens (tertiary/aromatic N) is 1. The second-order valence-corrected chi connectivity index (χ2v) is 2.77. The molecule has 0 atom stereocenters. The van der Waals surface area contributed by atoms with Crippen LogP contribution in [0, 0.1) is 0 Å². The minimum atomic E-state index is -0.283. The van der Waals surface area contributed by atoms with Crippen LogP contribution in [0.5, 0.6) is 0 Å². The molecule has 1 N–H and O–H groups in total. The van der Waals surface area contributed by atoms with Crippen molar-refractivity contribution in [2.75, 3.05) is 41.4 Å². The van der Waals surface area contributed by atoms with Crippen molar-refractivity contribution >= 4 is 5.91 Å². The first-order valence-electron chi connectivity index (χ1n) is 4.08. The summed E-state index contributed by atoms with van der Waals surface area (Å²) >= 11 is 0. The van der Waals surface area contributed by atoms with Gasteiger partial charge in [0, 0.05) is 27.8 Å². The first-order valence-corrected chi connectivity index (χ1v) is 4.08. The first-order chi connectivity index (χ1) is 6.13. The predicted octanol–water partition coefficient (Wildman–Crippen LogP) is -0.717. The molecular weight excluding hydrogens is 172 g/mol. The Kier molecular flexibility index (Phi) is 6.48. The second-order valence-electron chi connectivity index (χ2n) is 2.77. The molecule has 0 aliphatic heterocycles. The summed E-state index contributed by atoms with van der Waals surface area (Å²) in [5.74, 6) is -0.0199. The van der Waals surface area contributed by atoms with Crippen LogP contribution in [-0.2, 0) is 14.3 Å². The van der Waals surface area contributed by atoms with Crippen molar-refractivity contribution in [3.05, 3.63) is 0 Å². The number of nitrogens with one attached hydrogen (secondary N) is 1. The monoisotopic (exact) mass is 190 g/mol. The molecule has 0 aromatic rings. The Bertz CT molecular complexity index is 148. The van der Waals surface area contributed by atoms with E-state index < -0.39 is 0 Å². The first kappa shape index (κ1) is 12.3. The zero-order chi connectivity index (χ0) is 10.3. The van der Waals surface area contributed by atoms with E-state index in [4.69, 9.17) is 9.47 Å². The molecule has 5 nitrogen and oxygen atoms in total. The van der Waals surface area contributed by atoms with Crippen LogP contribution in [0.25, 0.3) is 0 Å². The van der Waals surface area contributed by atoms with E-state index in [1.807, 2.05) is 11.9 Å². The van der Waals surface area contributed by atoms with E-state index in [1.165, 1.54) is 0 Å². The highest BCUT2D eigenvalue weighted by atomic mass is 16.7. The summed E-state index contributed by atoms with van der Waals surface area (Å²) in [4.78, 5) is 12.8. The van der Waals surface area contributed by atoms with Crippen LogP contribution in [0.1, 0.15) is 0 Å². The van der Waals surface area contributed by atoms with Gasteiger partial charge in [-0.05, 0) is 7.05 Å². The molecule has 0 rings (SSSR count). The third-order valence-electron chi connectivity index (χ3n) is 1.68. The van der Waals surface area contributed by atoms with Gasteiger partial charge < -0.3 is 14.8 Å². The molecule has 0 aromatic carbocycles. The molecule has 0 bridgehead atoms. The molecule has 0 saturated heterocycles. The maximum absolute atomic E-state index is 10.9. The number of carbonyl (C=O) groups excluding carboxylic acids is 1. The van der Waals surface area contributed by atoms with Crippen molar-refractivity contribution in [2.24, 2.45) is 0 Å². The summed E-state index contributed by atoms with van der Waals surface area (Å²) in [6.07, 6.45) is -0.283. The maximum Gasteiger partial charge on any atom is 0.233 e. The number of methoxy groups -OCH3 is 2. The van der Waals surface area contributed by atoms with Crippen LogP contribution in [-0.4, -0.2) is 58.5 Å². The summed E-state index contributed by atoms with van der Waals surface area (Å²) in [6, 6.07) is 0. The van der Waals surface area contributed by atoms with E-state index in [0.29, 0.717) is 13.1 Å². The van der Waals surface area contributed by atoms with Gasteiger partial charge in [-0.1, -0.05) is 0 Å². The van der Waals surface area contributed by atoms with Crippen molar-refractivity contribution in [3.63, 3.8) is 0 Å². The van der Waals surface area contributed by atoms with Gasteiger partial charge in [0.05, 0.1) is 6.54 Å². The minimum Gasteiger partial charge on any atom is -0.358 e. The number of rotatable bonds is 6. The lowest BCUT2D eigenvalue weighted by Crippen LogP contribution is -2.38. The van der Waals surface area contributed by atoms with Gasteiger partial charge in [0.25, 0.3) is 0 Å². The van der Waals surface area contributed by atoms with Gasteiger partial charge in [0.2, 0.25) is 5.91 Å². The molecule has 0 fully saturated rings. The summed E-state index contributed by atoms with van der Waals surface area (Å²) in [6.45, 7) is 0.917. The number of ether oxygens (including phenoxy) is 2. The van der Waals surface area contributed by atoms with Gasteiger partial charge >= 0.3 is 0 Å². The molecule has 5 heteroatoms. The maximum atomic E-state index is 10.9. The van der Waals surface area contributed by atoms with E-state index in [-0.39, 0.29) is 12.2 Å². The van der Waals surface area contributed by atoms with Gasteiger partial charge in [-0.2, -0.15) is 0 Å². The fourth-order valence-electron chi connectivity index (χ4n) is 0.889. The average molecular weight is 190 g/mol. The molecule has 1 amide bonds. The van der Waals surface area contributed by atoms with E-state index >= 15 is 0 Å². The van der Waals surface area contributed by atoms with Gasteiger partial charge in [-0.25, -0.2) is 0 Å². The third kappa shape index (κ3) is 5.57. The number of hydrogen-bond acceptors (Lipinski definition) is 4. The molecule has 0 radical (unpaired) electrons. The Hall–Kier alpha value is -0.650. The second kappa shape index (κ2) is 6.82. The van der Waals surface area contributed by atoms with Crippen LogP contribution in [0.4, 0.5) is 0 Å². The third-order valence-corrected chi connectivity index (χ3v) is 1.68. The molecule has 78 valence electrons. The van der Waals surface area contributed by atoms with Crippen molar-refractivity contribution in [3.8, 4) is 0 Å². The summed E-state index contributed by atoms with van der Waals surface area (Å²) < 4.78 is 9.98. The van der Waals surface area contributed by atoms with Gasteiger partial charge in [0.15, 0.2) is 6.29 Å². The van der Waals surface area contributed by atoms with Gasteiger partial charge in [-0.3, -0.25) is 9.69 Å². The number of hydrogen-bond donors (Lipinski definition) is 1. The van der Waals surface area contributed by atoms with Crippen molar-refractivity contribution in [1.29, 1.82) is 0 Å². The zero-order valence-corrected chi connectivity index (χ0v) is 8.66. The molecule has 0 aromatic heterocycles. The number of likely N-dealkylation sites (N-methyl/N-ethyl adjacent to an activating group) is 2. The van der Waals surface area contributed by atoms with E-state index in [0.717, 1.165) is 0 Å². The number of amides is 1. The Morgan fingerprint density at radius 3 is 2.38 bits per heavy atom. The fraction of sp³-hybridized carbons (Fsp3) is 0.875. The predicted molar refractivity (Wildman–Crippen MR) is 49.4 cm³/mol. The van der Waals surface area contributed by atoms with E-state index in [9.17, 15) is 4.79 Å². The number of carbonyl (C=O) groups is 1. The van der Waals surface area contributed by atoms with Crippen LogP contribution in [0.2, 0.25) is 0 Å². The van der Waals surface area contributed by atoms with Gasteiger partial charge in [0.1, 0.15) is 0 Å². The van der Waals surface area contributed by atoms with E-state index in [1.54, 1.807) is 21.3 Å². The largest absolute Gasteiger partial charge is 0.358 e. The average Bonchev–Trinajstić information content (AvgIpc) is 2.13. The van der Waals surface area contributed by atoms with E-state index in [2.05, 4.69) is 5.32 Å². The summed E-state index contributed by atoms with van der Waals surface area (Å²) in [5.41, 5.74) is 0. The molecular formula is C8H18N2O3. The standard InChI is InChI=1S/C8H18N2O3/c1-9-7(11)5-10(2)6-8(12-3)13-4/h8H,5-6H2,1-4H3,(H,9,11). The van der Waals surface area contributed by atoms with Crippen LogP contribution >= 0.6 is 0 Å². The Morgan fingerprint density at radius 2 is 2.00 bits per heavy atom. The van der Waals surface area contributed by atoms with Crippen molar-refractivity contribution < 1.29 is 14.3 Å². The highest BCUT2D eigenvalue weighted by Crippen LogP contribution is 1.93. The van der Waals surface area contributed by atoms with Crippen LogP contribution < -0.4 is 5.32 Å². The minimum absolute atomic E-state index is 0.0199. The smallest absolute Gasteiger partial charge is 0.233 e. The van der Waals surface area contributed by atoms with Gasteiger partial charge in [-0.15, -0.1) is 0 Å². The summed E-state index contributed by atoms with van der Waals surface area (Å²) in [7, 11) is 6.59. The quantitative estimate of drug-likeness (QED) is 0.562. The molecule has 0 aliphatic rings. The molecule has 0 unspecified atom stereocenters. The Labute approximate surface area is 79.0 Å². The molecule has 0 saturated carbocycles. The normalized spacial score (nSPS) is 10.9. The molecule has 0 aliphatic carbocycles. The lowest BCUT2D eigenvalue weighted by atomic mass is 10.5. The lowest BCUT2D eigenvalue weighted by Gasteiger charge is -2.20. The highest BCUT2D eigenvalue weighted by molar-refractivity contribution is 5.77. The molecule has 13 heavy (non-hydrogen) atoms. The molecule has 0 spiro atoms. The lowest BCUT2D eigenvalue weighted by molar-refractivity contribution is -0.127. The summed E-state index contributed by atoms with van der Waals surface area (Å²) in [5, 5.41) is 2.54. The zero-order valence-electron chi connectivity index (χ0n) is 8.66.